The van der Waals surface area contributed by atoms with Gasteiger partial charge in [-0.3, -0.25) is 4.90 Å². The summed E-state index contributed by atoms with van der Waals surface area (Å²) in [6, 6.07) is 8.34. The molecule has 7 nitrogen and oxygen atoms in total. The number of fused-ring (bicyclic) bond motifs is 1. The highest BCUT2D eigenvalue weighted by Gasteiger charge is 2.25. The Kier molecular flexibility index (Phi) is 3.66. The highest BCUT2D eigenvalue weighted by Crippen LogP contribution is 2.22. The molecule has 21 heavy (non-hydrogen) atoms. The normalized spacial score (nSPS) is 19.1. The fourth-order valence-corrected chi connectivity index (χ4v) is 2.57. The molecule has 0 saturated carbocycles. The Balaban J connectivity index is 1.68. The number of anilines is 1. The third-order valence-corrected chi connectivity index (χ3v) is 3.96. The number of nitrogens with zero attached hydrogens (tertiary/aromatic N) is 4. The van der Waals surface area contributed by atoms with Gasteiger partial charge in [-0.2, -0.15) is 4.98 Å². The average molecular weight is 289 g/mol. The molecule has 1 aliphatic rings. The van der Waals surface area contributed by atoms with Crippen molar-refractivity contribution >= 4 is 22.9 Å². The van der Waals surface area contributed by atoms with Gasteiger partial charge in [0.05, 0.1) is 6.04 Å². The Morgan fingerprint density at radius 2 is 2.05 bits per heavy atom. The zero-order valence-corrected chi connectivity index (χ0v) is 11.9. The van der Waals surface area contributed by atoms with Crippen LogP contribution >= 0.6 is 0 Å². The first-order valence-corrected chi connectivity index (χ1v) is 7.01. The van der Waals surface area contributed by atoms with Crippen molar-refractivity contribution in [3.63, 3.8) is 0 Å². The summed E-state index contributed by atoms with van der Waals surface area (Å²) in [7, 11) is 0. The molecular weight excluding hydrogens is 270 g/mol. The van der Waals surface area contributed by atoms with Gasteiger partial charge >= 0.3 is 0 Å². The molecule has 2 heterocycles. The number of nitrogens with two attached hydrogens (primary N) is 1. The lowest BCUT2D eigenvalue weighted by Crippen LogP contribution is -2.53. The number of piperazine rings is 1. The van der Waals surface area contributed by atoms with Crippen molar-refractivity contribution in [3.05, 3.63) is 24.3 Å². The van der Waals surface area contributed by atoms with E-state index in [1.165, 1.54) is 0 Å². The maximum absolute atomic E-state index is 8.75. The zero-order valence-electron chi connectivity index (χ0n) is 11.9. The predicted octanol–water partition coefficient (Wildman–Crippen LogP) is 1.08. The lowest BCUT2D eigenvalue weighted by molar-refractivity contribution is 0.227. The van der Waals surface area contributed by atoms with Gasteiger partial charge in [-0.05, 0) is 19.1 Å². The number of amidine groups is 1. The van der Waals surface area contributed by atoms with E-state index in [0.29, 0.717) is 6.01 Å². The van der Waals surface area contributed by atoms with Gasteiger partial charge in [0.25, 0.3) is 6.01 Å². The fourth-order valence-electron chi connectivity index (χ4n) is 2.57. The van der Waals surface area contributed by atoms with E-state index >= 15 is 0 Å². The van der Waals surface area contributed by atoms with E-state index in [4.69, 9.17) is 15.4 Å². The molecule has 1 atom stereocenters. The van der Waals surface area contributed by atoms with Crippen LogP contribution in [0.3, 0.4) is 0 Å². The molecule has 3 rings (SSSR count). The minimum atomic E-state index is -0.0687. The van der Waals surface area contributed by atoms with E-state index in [1.54, 1.807) is 0 Å². The molecule has 1 saturated heterocycles. The quantitative estimate of drug-likeness (QED) is 0.380. The van der Waals surface area contributed by atoms with Gasteiger partial charge in [-0.1, -0.05) is 17.3 Å². The summed E-state index contributed by atoms with van der Waals surface area (Å²) >= 11 is 0. The van der Waals surface area contributed by atoms with Crippen LogP contribution in [0.15, 0.2) is 33.8 Å². The maximum Gasteiger partial charge on any atom is 0.298 e. The van der Waals surface area contributed by atoms with Gasteiger partial charge in [0.2, 0.25) is 0 Å². The number of hydrogen-bond acceptors (Lipinski definition) is 6. The average Bonchev–Trinajstić information content (AvgIpc) is 2.97. The Morgan fingerprint density at radius 3 is 2.71 bits per heavy atom. The van der Waals surface area contributed by atoms with Crippen molar-refractivity contribution in [2.45, 2.75) is 13.0 Å². The molecule has 1 unspecified atom stereocenters. The van der Waals surface area contributed by atoms with Crippen LogP contribution in [0.5, 0.6) is 0 Å². The summed E-state index contributed by atoms with van der Waals surface area (Å²) < 4.78 is 5.78. The van der Waals surface area contributed by atoms with Crippen LogP contribution in [0.4, 0.5) is 6.01 Å². The minimum absolute atomic E-state index is 0.0687. The van der Waals surface area contributed by atoms with E-state index < -0.39 is 0 Å². The summed E-state index contributed by atoms with van der Waals surface area (Å²) in [4.78, 5) is 8.81. The third kappa shape index (κ3) is 2.64. The Morgan fingerprint density at radius 1 is 1.33 bits per heavy atom. The molecule has 0 spiro atoms. The minimum Gasteiger partial charge on any atom is -0.423 e. The standard InChI is InChI=1S/C14H19N5O2/c1-10(13(15)17-20)18-6-8-19(9-7-18)14-16-11-4-2-3-5-12(11)21-14/h2-5,10,20H,6-9H2,1H3,(H2,15,17). The monoisotopic (exact) mass is 289 g/mol. The topological polar surface area (TPSA) is 91.1 Å². The van der Waals surface area contributed by atoms with Gasteiger partial charge < -0.3 is 20.3 Å². The second-order valence-electron chi connectivity index (χ2n) is 5.19. The molecular formula is C14H19N5O2. The highest BCUT2D eigenvalue weighted by atomic mass is 16.4. The SMILES string of the molecule is CC(C(N)=NO)N1CCN(c2nc3ccccc3o2)CC1. The van der Waals surface area contributed by atoms with Gasteiger partial charge in [0, 0.05) is 26.2 Å². The smallest absolute Gasteiger partial charge is 0.298 e. The van der Waals surface area contributed by atoms with E-state index in [9.17, 15) is 0 Å². The molecule has 0 bridgehead atoms. The molecule has 112 valence electrons. The molecule has 1 aromatic carbocycles. The highest BCUT2D eigenvalue weighted by molar-refractivity contribution is 5.84. The molecule has 2 aromatic rings. The molecule has 0 radical (unpaired) electrons. The van der Waals surface area contributed by atoms with Gasteiger partial charge in [0.1, 0.15) is 5.52 Å². The molecule has 1 aromatic heterocycles. The van der Waals surface area contributed by atoms with Crippen molar-refractivity contribution in [2.24, 2.45) is 10.9 Å². The van der Waals surface area contributed by atoms with Crippen molar-refractivity contribution in [1.29, 1.82) is 0 Å². The lowest BCUT2D eigenvalue weighted by atomic mass is 10.2. The van der Waals surface area contributed by atoms with E-state index in [1.807, 2.05) is 31.2 Å². The van der Waals surface area contributed by atoms with E-state index in [0.717, 1.165) is 37.3 Å². The van der Waals surface area contributed by atoms with Crippen LogP contribution < -0.4 is 10.6 Å². The number of rotatable bonds is 3. The predicted molar refractivity (Wildman–Crippen MR) is 80.7 cm³/mol. The van der Waals surface area contributed by atoms with Gasteiger partial charge in [-0.15, -0.1) is 0 Å². The maximum atomic E-state index is 8.75. The molecule has 1 aliphatic heterocycles. The first kappa shape index (κ1) is 13.7. The Labute approximate surface area is 122 Å². The molecule has 0 amide bonds. The van der Waals surface area contributed by atoms with Crippen LogP contribution in [-0.4, -0.2) is 53.1 Å². The van der Waals surface area contributed by atoms with Crippen LogP contribution in [-0.2, 0) is 0 Å². The first-order chi connectivity index (χ1) is 10.2. The molecule has 0 aliphatic carbocycles. The number of hydrogen-bond donors (Lipinski definition) is 2. The van der Waals surface area contributed by atoms with Gasteiger partial charge in [0.15, 0.2) is 11.4 Å². The Bertz CT molecular complexity index is 613. The van der Waals surface area contributed by atoms with Crippen LogP contribution in [0.2, 0.25) is 0 Å². The van der Waals surface area contributed by atoms with Crippen molar-refractivity contribution in [3.8, 4) is 0 Å². The zero-order chi connectivity index (χ0) is 14.8. The van der Waals surface area contributed by atoms with Crippen LogP contribution in [0.1, 0.15) is 6.92 Å². The number of para-hydroxylation sites is 2. The van der Waals surface area contributed by atoms with Gasteiger partial charge in [-0.25, -0.2) is 0 Å². The van der Waals surface area contributed by atoms with Crippen LogP contribution in [0, 0.1) is 0 Å². The summed E-state index contributed by atoms with van der Waals surface area (Å²) in [6.07, 6.45) is 0. The van der Waals surface area contributed by atoms with E-state index in [-0.39, 0.29) is 11.9 Å². The molecule has 1 fully saturated rings. The summed E-state index contributed by atoms with van der Waals surface area (Å²) in [5.41, 5.74) is 7.34. The molecule has 3 N–H and O–H groups in total. The van der Waals surface area contributed by atoms with Crippen molar-refractivity contribution in [2.75, 3.05) is 31.1 Å². The lowest BCUT2D eigenvalue weighted by Gasteiger charge is -2.36. The summed E-state index contributed by atoms with van der Waals surface area (Å²) in [6.45, 7) is 5.17. The number of aromatic nitrogens is 1. The summed E-state index contributed by atoms with van der Waals surface area (Å²) in [5.74, 6) is 0.241. The first-order valence-electron chi connectivity index (χ1n) is 7.01. The third-order valence-electron chi connectivity index (χ3n) is 3.96. The second-order valence-corrected chi connectivity index (χ2v) is 5.19. The largest absolute Gasteiger partial charge is 0.423 e. The van der Waals surface area contributed by atoms with Crippen LogP contribution in [0.25, 0.3) is 11.1 Å². The number of oxazole rings is 1. The Hall–Kier alpha value is -2.28. The summed E-state index contributed by atoms with van der Waals surface area (Å²) in [5, 5.41) is 11.8. The molecule has 7 heteroatoms. The van der Waals surface area contributed by atoms with Crippen molar-refractivity contribution < 1.29 is 9.62 Å². The van der Waals surface area contributed by atoms with Crippen molar-refractivity contribution in [1.82, 2.24) is 9.88 Å². The number of oxime groups is 1. The fraction of sp³-hybridized carbons (Fsp3) is 0.429. The second kappa shape index (κ2) is 5.61. The number of benzene rings is 1. The van der Waals surface area contributed by atoms with E-state index in [2.05, 4.69) is 19.9 Å².